The molecule has 0 amide bonds. The van der Waals surface area contributed by atoms with E-state index in [0.717, 1.165) is 4.88 Å². The Morgan fingerprint density at radius 3 is 2.45 bits per heavy atom. The molecule has 0 aliphatic rings. The molecule has 0 aliphatic heterocycles. The van der Waals surface area contributed by atoms with Gasteiger partial charge in [-0.2, -0.15) is 0 Å². The molecule has 4 nitrogen and oxygen atoms in total. The Morgan fingerprint density at radius 1 is 1.20 bits per heavy atom. The quantitative estimate of drug-likeness (QED) is 0.885. The predicted molar refractivity (Wildman–Crippen MR) is 81.2 cm³/mol. The zero-order valence-electron chi connectivity index (χ0n) is 10.8. The largest absolute Gasteiger partial charge is 0.497 e. The van der Waals surface area contributed by atoms with Gasteiger partial charge in [0.1, 0.15) is 5.75 Å². The molecule has 0 saturated heterocycles. The summed E-state index contributed by atoms with van der Waals surface area (Å²) in [6.45, 7) is 0.338. The second-order valence-corrected chi connectivity index (χ2v) is 7.60. The number of halogens is 1. The fraction of sp³-hybridized carbons (Fsp3) is 0.231. The van der Waals surface area contributed by atoms with Crippen molar-refractivity contribution in [3.8, 4) is 5.75 Å². The standard InChI is InChI=1S/C13H14ClNO3S2/c1-18-10-2-5-12(6-3-10)20(16,17)15-9-8-11-4-7-13(14)19-11/h2-7,15H,8-9H2,1H3. The summed E-state index contributed by atoms with van der Waals surface area (Å²) in [6.07, 6.45) is 0.618. The zero-order valence-corrected chi connectivity index (χ0v) is 13.2. The number of rotatable bonds is 6. The molecule has 20 heavy (non-hydrogen) atoms. The summed E-state index contributed by atoms with van der Waals surface area (Å²) in [4.78, 5) is 1.27. The van der Waals surface area contributed by atoms with Gasteiger partial charge in [-0.3, -0.25) is 0 Å². The Kier molecular flexibility index (Phi) is 5.04. The molecule has 0 unspecified atom stereocenters. The maximum atomic E-state index is 12.1. The van der Waals surface area contributed by atoms with Gasteiger partial charge >= 0.3 is 0 Å². The van der Waals surface area contributed by atoms with Crippen molar-refractivity contribution in [1.29, 1.82) is 0 Å². The van der Waals surface area contributed by atoms with E-state index in [2.05, 4.69) is 4.72 Å². The highest BCUT2D eigenvalue weighted by atomic mass is 35.5. The lowest BCUT2D eigenvalue weighted by atomic mass is 10.3. The van der Waals surface area contributed by atoms with Crippen LogP contribution in [-0.2, 0) is 16.4 Å². The summed E-state index contributed by atoms with van der Waals surface area (Å²) in [5.41, 5.74) is 0. The third-order valence-electron chi connectivity index (χ3n) is 2.66. The van der Waals surface area contributed by atoms with Gasteiger partial charge in [-0.15, -0.1) is 11.3 Å². The lowest BCUT2D eigenvalue weighted by Gasteiger charge is -2.07. The van der Waals surface area contributed by atoms with Crippen LogP contribution < -0.4 is 9.46 Å². The van der Waals surface area contributed by atoms with Crippen molar-refractivity contribution in [1.82, 2.24) is 4.72 Å². The topological polar surface area (TPSA) is 55.4 Å². The highest BCUT2D eigenvalue weighted by Gasteiger charge is 2.13. The van der Waals surface area contributed by atoms with E-state index in [4.69, 9.17) is 16.3 Å². The number of thiophene rings is 1. The number of benzene rings is 1. The molecule has 1 N–H and O–H groups in total. The first-order valence-electron chi connectivity index (χ1n) is 5.89. The van der Waals surface area contributed by atoms with Crippen LogP contribution >= 0.6 is 22.9 Å². The molecule has 108 valence electrons. The number of ether oxygens (including phenoxy) is 1. The molecule has 0 bridgehead atoms. The number of sulfonamides is 1. The van der Waals surface area contributed by atoms with Crippen LogP contribution in [0.15, 0.2) is 41.3 Å². The van der Waals surface area contributed by atoms with Gasteiger partial charge in [0.2, 0.25) is 10.0 Å². The first-order chi connectivity index (χ1) is 9.51. The minimum absolute atomic E-state index is 0.225. The molecule has 7 heteroatoms. The fourth-order valence-electron chi connectivity index (χ4n) is 1.63. The summed E-state index contributed by atoms with van der Waals surface area (Å²) >= 11 is 7.27. The molecule has 0 radical (unpaired) electrons. The Labute approximate surface area is 127 Å². The van der Waals surface area contributed by atoms with E-state index in [-0.39, 0.29) is 4.90 Å². The summed E-state index contributed by atoms with van der Waals surface area (Å²) < 4.78 is 32.4. The van der Waals surface area contributed by atoms with Crippen molar-refractivity contribution in [3.05, 3.63) is 45.6 Å². The molecule has 0 saturated carbocycles. The van der Waals surface area contributed by atoms with Gasteiger partial charge in [-0.1, -0.05) is 11.6 Å². The highest BCUT2D eigenvalue weighted by Crippen LogP contribution is 2.21. The maximum Gasteiger partial charge on any atom is 0.240 e. The maximum absolute atomic E-state index is 12.1. The molecular formula is C13H14ClNO3S2. The van der Waals surface area contributed by atoms with Crippen LogP contribution in [-0.4, -0.2) is 22.1 Å². The third-order valence-corrected chi connectivity index (χ3v) is 5.43. The average Bonchev–Trinajstić information content (AvgIpc) is 2.84. The zero-order chi connectivity index (χ0) is 14.6. The van der Waals surface area contributed by atoms with Crippen molar-refractivity contribution in [2.24, 2.45) is 0 Å². The van der Waals surface area contributed by atoms with E-state index in [9.17, 15) is 8.42 Å². The van der Waals surface area contributed by atoms with Gasteiger partial charge in [0, 0.05) is 11.4 Å². The molecule has 0 aliphatic carbocycles. The Balaban J connectivity index is 1.96. The van der Waals surface area contributed by atoms with Gasteiger partial charge in [0.15, 0.2) is 0 Å². The molecule has 2 rings (SSSR count). The van der Waals surface area contributed by atoms with E-state index in [0.29, 0.717) is 23.1 Å². The van der Waals surface area contributed by atoms with E-state index in [1.807, 2.05) is 6.07 Å². The molecule has 0 fully saturated rings. The van der Waals surface area contributed by atoms with Gasteiger partial charge in [-0.05, 0) is 42.8 Å². The van der Waals surface area contributed by atoms with Crippen molar-refractivity contribution >= 4 is 33.0 Å². The first-order valence-corrected chi connectivity index (χ1v) is 8.57. The lowest BCUT2D eigenvalue weighted by molar-refractivity contribution is 0.414. The molecule has 1 aromatic carbocycles. The number of methoxy groups -OCH3 is 1. The Morgan fingerprint density at radius 2 is 1.90 bits per heavy atom. The first kappa shape index (κ1) is 15.3. The lowest BCUT2D eigenvalue weighted by Crippen LogP contribution is -2.25. The van der Waals surface area contributed by atoms with Crippen LogP contribution in [0.25, 0.3) is 0 Å². The van der Waals surface area contributed by atoms with Crippen LogP contribution in [0.1, 0.15) is 4.88 Å². The number of hydrogen-bond donors (Lipinski definition) is 1. The SMILES string of the molecule is COc1ccc(S(=O)(=O)NCCc2ccc(Cl)s2)cc1. The van der Waals surface area contributed by atoms with Gasteiger partial charge in [0.25, 0.3) is 0 Å². The van der Waals surface area contributed by atoms with Crippen LogP contribution in [0, 0.1) is 0 Å². The predicted octanol–water partition coefficient (Wildman–Crippen LogP) is 2.93. The van der Waals surface area contributed by atoms with Gasteiger partial charge in [-0.25, -0.2) is 13.1 Å². The van der Waals surface area contributed by atoms with Crippen molar-refractivity contribution in [2.75, 3.05) is 13.7 Å². The second kappa shape index (κ2) is 6.58. The molecule has 0 atom stereocenters. The van der Waals surface area contributed by atoms with Crippen molar-refractivity contribution < 1.29 is 13.2 Å². The minimum Gasteiger partial charge on any atom is -0.497 e. The molecule has 2 aromatic rings. The summed E-state index contributed by atoms with van der Waals surface area (Å²) in [5.74, 6) is 0.622. The van der Waals surface area contributed by atoms with Crippen molar-refractivity contribution in [3.63, 3.8) is 0 Å². The monoisotopic (exact) mass is 331 g/mol. The number of hydrogen-bond acceptors (Lipinski definition) is 4. The minimum atomic E-state index is -3.48. The molecule has 1 heterocycles. The third kappa shape index (κ3) is 3.96. The Bertz CT molecular complexity index is 665. The van der Waals surface area contributed by atoms with Crippen LogP contribution in [0.4, 0.5) is 0 Å². The van der Waals surface area contributed by atoms with Crippen LogP contribution in [0.3, 0.4) is 0 Å². The van der Waals surface area contributed by atoms with Crippen molar-refractivity contribution in [2.45, 2.75) is 11.3 Å². The van der Waals surface area contributed by atoms with E-state index in [1.54, 1.807) is 18.2 Å². The number of nitrogens with one attached hydrogen (secondary N) is 1. The Hall–Kier alpha value is -1.08. The normalized spacial score (nSPS) is 11.5. The highest BCUT2D eigenvalue weighted by molar-refractivity contribution is 7.89. The van der Waals surface area contributed by atoms with Gasteiger partial charge in [0.05, 0.1) is 16.3 Å². The molecule has 0 spiro atoms. The van der Waals surface area contributed by atoms with Gasteiger partial charge < -0.3 is 4.74 Å². The van der Waals surface area contributed by atoms with E-state index in [1.165, 1.54) is 30.6 Å². The molecule has 1 aromatic heterocycles. The van der Waals surface area contributed by atoms with Crippen LogP contribution in [0.2, 0.25) is 4.34 Å². The smallest absolute Gasteiger partial charge is 0.240 e. The second-order valence-electron chi connectivity index (χ2n) is 4.03. The summed E-state index contributed by atoms with van der Waals surface area (Å²) in [7, 11) is -1.95. The van der Waals surface area contributed by atoms with Crippen LogP contribution in [0.5, 0.6) is 5.75 Å². The summed E-state index contributed by atoms with van der Waals surface area (Å²) in [5, 5.41) is 0. The van der Waals surface area contributed by atoms with E-state index >= 15 is 0 Å². The average molecular weight is 332 g/mol. The fourth-order valence-corrected chi connectivity index (χ4v) is 3.75. The summed E-state index contributed by atoms with van der Waals surface area (Å²) in [6, 6.07) is 9.97. The van der Waals surface area contributed by atoms with E-state index < -0.39 is 10.0 Å². The molecular weight excluding hydrogens is 318 g/mol.